The van der Waals surface area contributed by atoms with Gasteiger partial charge in [0.15, 0.2) is 6.10 Å². The highest BCUT2D eigenvalue weighted by atomic mass is 16.8. The van der Waals surface area contributed by atoms with E-state index in [0.29, 0.717) is 12.8 Å². The summed E-state index contributed by atoms with van der Waals surface area (Å²) in [6.45, 7) is -0.467. The zero-order chi connectivity index (χ0) is 23.7. The van der Waals surface area contributed by atoms with Crippen LogP contribution in [-0.2, 0) is 14.3 Å². The van der Waals surface area contributed by atoms with E-state index in [1.165, 1.54) is 64.2 Å². The number of carbonyl (C=O) groups is 1. The zero-order valence-corrected chi connectivity index (χ0v) is 19.6. The second kappa shape index (κ2) is 17.8. The van der Waals surface area contributed by atoms with Gasteiger partial charge in [0.2, 0.25) is 0 Å². The molecule has 0 aromatic rings. The zero-order valence-electron chi connectivity index (χ0n) is 19.6. The average Bonchev–Trinajstić information content (AvgIpc) is 2.79. The van der Waals surface area contributed by atoms with Crippen LogP contribution in [0.1, 0.15) is 103 Å². The lowest BCUT2D eigenvalue weighted by Crippen LogP contribution is -2.66. The van der Waals surface area contributed by atoms with Crippen LogP contribution in [0.15, 0.2) is 0 Å². The quantitative estimate of drug-likeness (QED) is 0.106. The molecule has 0 bridgehead atoms. The van der Waals surface area contributed by atoms with Gasteiger partial charge in [0.1, 0.15) is 24.6 Å². The molecule has 1 unspecified atom stereocenters. The minimum Gasteiger partial charge on any atom is -0.394 e. The van der Waals surface area contributed by atoms with Crippen molar-refractivity contribution in [2.24, 2.45) is 0 Å². The molecule has 1 aliphatic heterocycles. The van der Waals surface area contributed by atoms with Crippen molar-refractivity contribution >= 4 is 6.29 Å². The summed E-state index contributed by atoms with van der Waals surface area (Å²) < 4.78 is 10.3. The number of aldehydes is 1. The predicted molar refractivity (Wildman–Crippen MR) is 121 cm³/mol. The molecule has 1 aliphatic rings. The Balaban J connectivity index is 1.91. The van der Waals surface area contributed by atoms with Gasteiger partial charge in [-0.05, 0) is 12.8 Å². The van der Waals surface area contributed by atoms with Gasteiger partial charge in [-0.15, -0.1) is 0 Å². The fourth-order valence-corrected chi connectivity index (χ4v) is 4.09. The van der Waals surface area contributed by atoms with E-state index in [4.69, 9.17) is 9.47 Å². The van der Waals surface area contributed by atoms with Crippen molar-refractivity contribution in [3.8, 4) is 0 Å². The van der Waals surface area contributed by atoms with Crippen molar-refractivity contribution in [2.45, 2.75) is 133 Å². The van der Waals surface area contributed by atoms with E-state index >= 15 is 0 Å². The lowest BCUT2D eigenvalue weighted by Gasteiger charge is -2.44. The number of carbonyl (C=O) groups excluding carboxylic acids is 1. The second-order valence-electron chi connectivity index (χ2n) is 9.00. The Bertz CT molecular complexity index is 461. The monoisotopic (exact) mass is 462 g/mol. The molecule has 0 aliphatic carbocycles. The molecule has 1 rings (SSSR count). The van der Waals surface area contributed by atoms with Crippen molar-refractivity contribution in [1.29, 1.82) is 0 Å². The molecule has 1 heterocycles. The Hall–Kier alpha value is -0.610. The maximum absolute atomic E-state index is 10.3. The highest BCUT2D eigenvalue weighted by molar-refractivity contribution is 5.48. The number of aliphatic hydroxyl groups is 5. The molecule has 5 N–H and O–H groups in total. The molecule has 0 spiro atoms. The molecule has 8 nitrogen and oxygen atoms in total. The van der Waals surface area contributed by atoms with E-state index in [2.05, 4.69) is 0 Å². The van der Waals surface area contributed by atoms with Gasteiger partial charge in [0.25, 0.3) is 0 Å². The number of hydrogen-bond acceptors (Lipinski definition) is 8. The Labute approximate surface area is 192 Å². The van der Waals surface area contributed by atoms with E-state index in [0.717, 1.165) is 32.0 Å². The summed E-state index contributed by atoms with van der Waals surface area (Å²) in [5.41, 5.74) is 0. The molecule has 8 heteroatoms. The fourth-order valence-electron chi connectivity index (χ4n) is 4.09. The highest BCUT2D eigenvalue weighted by Crippen LogP contribution is 2.29. The third-order valence-corrected chi connectivity index (χ3v) is 6.20. The highest BCUT2D eigenvalue weighted by Gasteiger charge is 2.53. The third-order valence-electron chi connectivity index (χ3n) is 6.20. The number of ether oxygens (including phenoxy) is 2. The topological polar surface area (TPSA) is 137 Å². The number of hydrogen-bond donors (Lipinski definition) is 5. The Morgan fingerprint density at radius 2 is 1.16 bits per heavy atom. The molecule has 0 aromatic heterocycles. The molecule has 190 valence electrons. The molecule has 5 atom stereocenters. The van der Waals surface area contributed by atoms with Gasteiger partial charge in [-0.3, -0.25) is 0 Å². The van der Waals surface area contributed by atoms with Crippen molar-refractivity contribution in [3.05, 3.63) is 0 Å². The first kappa shape index (κ1) is 29.4. The predicted octanol–water partition coefficient (Wildman–Crippen LogP) is 2.56. The molecule has 0 saturated carbocycles. The summed E-state index contributed by atoms with van der Waals surface area (Å²) in [5, 5.41) is 48.9. The molecular weight excluding hydrogens is 416 g/mol. The Morgan fingerprint density at radius 1 is 0.719 bits per heavy atom. The van der Waals surface area contributed by atoms with E-state index < -0.39 is 37.0 Å². The first-order chi connectivity index (χ1) is 15.5. The smallest absolute Gasteiger partial charge is 0.311 e. The number of unbranched alkanes of at least 4 members (excludes halogenated alkanes) is 15. The van der Waals surface area contributed by atoms with E-state index in [9.17, 15) is 30.3 Å². The summed E-state index contributed by atoms with van der Waals surface area (Å²) in [6.07, 6.45) is 13.1. The van der Waals surface area contributed by atoms with E-state index in [1.807, 2.05) is 0 Å². The average molecular weight is 463 g/mol. The Kier molecular flexibility index (Phi) is 16.4. The lowest BCUT2D eigenvalue weighted by molar-refractivity contribution is -0.448. The van der Waals surface area contributed by atoms with Crippen LogP contribution in [-0.4, -0.2) is 75.4 Å². The first-order valence-electron chi connectivity index (χ1n) is 12.6. The fraction of sp³-hybridized carbons (Fsp3) is 0.958. The number of rotatable bonds is 20. The summed E-state index contributed by atoms with van der Waals surface area (Å²) in [4.78, 5) is 10.2. The minimum atomic E-state index is -2.43. The van der Waals surface area contributed by atoms with E-state index in [-0.39, 0.29) is 6.61 Å². The maximum Gasteiger partial charge on any atom is 0.311 e. The van der Waals surface area contributed by atoms with Crippen LogP contribution in [0.3, 0.4) is 0 Å². The van der Waals surface area contributed by atoms with Crippen molar-refractivity contribution in [2.75, 3.05) is 13.2 Å². The second-order valence-corrected chi connectivity index (χ2v) is 9.00. The van der Waals surface area contributed by atoms with E-state index in [1.54, 1.807) is 0 Å². The van der Waals surface area contributed by atoms with Crippen LogP contribution >= 0.6 is 0 Å². The van der Waals surface area contributed by atoms with Crippen molar-refractivity contribution in [1.82, 2.24) is 0 Å². The minimum absolute atomic E-state index is 0.144. The van der Waals surface area contributed by atoms with Crippen LogP contribution in [0.4, 0.5) is 0 Å². The van der Waals surface area contributed by atoms with Gasteiger partial charge < -0.3 is 39.8 Å². The summed E-state index contributed by atoms with van der Waals surface area (Å²) in [5.74, 6) is -2.43. The molecule has 0 aromatic carbocycles. The summed E-state index contributed by atoms with van der Waals surface area (Å²) >= 11 is 0. The molecule has 1 saturated heterocycles. The molecule has 0 amide bonds. The van der Waals surface area contributed by atoms with Gasteiger partial charge in [0.05, 0.1) is 13.2 Å². The molecule has 0 radical (unpaired) electrons. The largest absolute Gasteiger partial charge is 0.394 e. The third kappa shape index (κ3) is 11.5. The van der Waals surface area contributed by atoms with Crippen LogP contribution in [0, 0.1) is 0 Å². The van der Waals surface area contributed by atoms with Gasteiger partial charge in [-0.1, -0.05) is 83.5 Å². The van der Waals surface area contributed by atoms with Crippen molar-refractivity contribution < 1.29 is 39.8 Å². The van der Waals surface area contributed by atoms with Crippen LogP contribution in [0.2, 0.25) is 0 Å². The normalized spacial score (nSPS) is 28.2. The van der Waals surface area contributed by atoms with Crippen LogP contribution in [0.25, 0.3) is 0 Å². The van der Waals surface area contributed by atoms with Gasteiger partial charge in [0, 0.05) is 6.42 Å². The Morgan fingerprint density at radius 3 is 1.59 bits per heavy atom. The number of aliphatic hydroxyl groups excluding tert-OH is 4. The molecule has 32 heavy (non-hydrogen) atoms. The van der Waals surface area contributed by atoms with Crippen LogP contribution < -0.4 is 0 Å². The molecule has 1 fully saturated rings. The SMILES string of the molecule is O=CCCCCCCCCCCCCCCCCCOC1(O)O[C@H](CO)[C@@H](O)[C@H](O)[C@H]1O. The van der Waals surface area contributed by atoms with Crippen LogP contribution in [0.5, 0.6) is 0 Å². The summed E-state index contributed by atoms with van der Waals surface area (Å²) in [7, 11) is 0. The van der Waals surface area contributed by atoms with Gasteiger partial charge in [-0.25, -0.2) is 0 Å². The lowest BCUT2D eigenvalue weighted by atomic mass is 9.98. The first-order valence-corrected chi connectivity index (χ1v) is 12.6. The summed E-state index contributed by atoms with van der Waals surface area (Å²) in [6, 6.07) is 0. The van der Waals surface area contributed by atoms with Crippen molar-refractivity contribution in [3.63, 3.8) is 0 Å². The van der Waals surface area contributed by atoms with Gasteiger partial charge in [-0.2, -0.15) is 0 Å². The maximum atomic E-state index is 10.3. The molecular formula is C24H46O8. The standard InChI is InChI=1S/C24H46O8/c25-17-15-13-11-9-7-5-3-1-2-4-6-8-10-12-14-16-18-31-24(30)23(29)22(28)21(27)20(19-26)32-24/h17,20-23,26-30H,1-16,18-19H2/t20-,21-,22+,23-,24?/m1/s1. The van der Waals surface area contributed by atoms with Gasteiger partial charge >= 0.3 is 5.97 Å².